The van der Waals surface area contributed by atoms with Crippen molar-refractivity contribution >= 4 is 11.6 Å². The first kappa shape index (κ1) is 12.9. The summed E-state index contributed by atoms with van der Waals surface area (Å²) >= 11 is 6.24. The zero-order valence-corrected chi connectivity index (χ0v) is 11.5. The van der Waals surface area contributed by atoms with Gasteiger partial charge in [0, 0.05) is 25.0 Å². The number of nitrogens with one attached hydrogen (secondary N) is 1. The van der Waals surface area contributed by atoms with Crippen molar-refractivity contribution in [3.05, 3.63) is 16.4 Å². The second-order valence-electron chi connectivity index (χ2n) is 5.07. The van der Waals surface area contributed by atoms with Gasteiger partial charge in [0.2, 0.25) is 0 Å². The average molecular weight is 258 g/mol. The van der Waals surface area contributed by atoms with Crippen LogP contribution in [-0.2, 0) is 17.8 Å². The maximum atomic E-state index is 6.24. The molecule has 96 valence electrons. The SMILES string of the molecule is CCn1nc(C)c(Cl)c1CNCC1(C)COC1. The topological polar surface area (TPSA) is 39.1 Å². The number of aromatic nitrogens is 2. The Balaban J connectivity index is 1.94. The minimum absolute atomic E-state index is 0.290. The van der Waals surface area contributed by atoms with Crippen molar-refractivity contribution in [1.29, 1.82) is 0 Å². The molecule has 1 aromatic heterocycles. The predicted octanol–water partition coefficient (Wildman–Crippen LogP) is 1.99. The summed E-state index contributed by atoms with van der Waals surface area (Å²) < 4.78 is 7.19. The normalized spacial score (nSPS) is 18.1. The number of aryl methyl sites for hydroxylation is 2. The van der Waals surface area contributed by atoms with E-state index in [1.165, 1.54) is 0 Å². The van der Waals surface area contributed by atoms with Gasteiger partial charge in [-0.2, -0.15) is 5.10 Å². The molecule has 0 amide bonds. The molecule has 0 atom stereocenters. The van der Waals surface area contributed by atoms with Crippen LogP contribution in [0.1, 0.15) is 25.2 Å². The first-order valence-electron chi connectivity index (χ1n) is 6.06. The van der Waals surface area contributed by atoms with Gasteiger partial charge in [-0.25, -0.2) is 0 Å². The van der Waals surface area contributed by atoms with Gasteiger partial charge in [0.05, 0.1) is 29.6 Å². The van der Waals surface area contributed by atoms with Gasteiger partial charge in [-0.3, -0.25) is 4.68 Å². The first-order valence-corrected chi connectivity index (χ1v) is 6.44. The second kappa shape index (κ2) is 4.96. The summed E-state index contributed by atoms with van der Waals surface area (Å²) in [6.07, 6.45) is 0. The van der Waals surface area contributed by atoms with Gasteiger partial charge in [0.15, 0.2) is 0 Å². The van der Waals surface area contributed by atoms with E-state index in [9.17, 15) is 0 Å². The number of nitrogens with zero attached hydrogens (tertiary/aromatic N) is 2. The third-order valence-corrected chi connectivity index (χ3v) is 3.69. The summed E-state index contributed by atoms with van der Waals surface area (Å²) in [5, 5.41) is 8.63. The number of rotatable bonds is 5. The monoisotopic (exact) mass is 257 g/mol. The molecule has 0 bridgehead atoms. The van der Waals surface area contributed by atoms with Crippen LogP contribution in [0.15, 0.2) is 0 Å². The molecule has 0 aromatic carbocycles. The fraction of sp³-hybridized carbons (Fsp3) is 0.750. The Kier molecular flexibility index (Phi) is 3.76. The molecule has 1 aliphatic rings. The smallest absolute Gasteiger partial charge is 0.0860 e. The van der Waals surface area contributed by atoms with Crippen molar-refractivity contribution in [2.24, 2.45) is 5.41 Å². The van der Waals surface area contributed by atoms with Crippen molar-refractivity contribution < 1.29 is 4.74 Å². The van der Waals surface area contributed by atoms with Crippen LogP contribution >= 0.6 is 11.6 Å². The van der Waals surface area contributed by atoms with Crippen molar-refractivity contribution in [3.63, 3.8) is 0 Å². The number of halogens is 1. The molecular formula is C12H20ClN3O. The van der Waals surface area contributed by atoms with Gasteiger partial charge in [-0.05, 0) is 13.8 Å². The van der Waals surface area contributed by atoms with Crippen LogP contribution in [0, 0.1) is 12.3 Å². The zero-order valence-electron chi connectivity index (χ0n) is 10.7. The van der Waals surface area contributed by atoms with E-state index in [-0.39, 0.29) is 0 Å². The molecule has 0 saturated carbocycles. The van der Waals surface area contributed by atoms with Crippen LogP contribution < -0.4 is 5.32 Å². The zero-order chi connectivity index (χ0) is 12.5. The lowest BCUT2D eigenvalue weighted by molar-refractivity contribution is -0.0992. The van der Waals surface area contributed by atoms with Gasteiger partial charge >= 0.3 is 0 Å². The van der Waals surface area contributed by atoms with Crippen LogP contribution in [0.4, 0.5) is 0 Å². The molecule has 0 radical (unpaired) electrons. The van der Waals surface area contributed by atoms with Gasteiger partial charge in [0.1, 0.15) is 0 Å². The van der Waals surface area contributed by atoms with Crippen molar-refractivity contribution in [3.8, 4) is 0 Å². The van der Waals surface area contributed by atoms with Gasteiger partial charge < -0.3 is 10.1 Å². The highest BCUT2D eigenvalue weighted by Gasteiger charge is 2.32. The quantitative estimate of drug-likeness (QED) is 0.877. The van der Waals surface area contributed by atoms with Gasteiger partial charge in [-0.15, -0.1) is 0 Å². The Morgan fingerprint density at radius 2 is 2.24 bits per heavy atom. The Bertz CT molecular complexity index is 399. The van der Waals surface area contributed by atoms with E-state index in [0.717, 1.165) is 49.3 Å². The number of ether oxygens (including phenoxy) is 1. The first-order chi connectivity index (χ1) is 8.06. The van der Waals surface area contributed by atoms with E-state index < -0.39 is 0 Å². The number of hydrogen-bond donors (Lipinski definition) is 1. The summed E-state index contributed by atoms with van der Waals surface area (Å²) in [6.45, 7) is 10.5. The molecule has 17 heavy (non-hydrogen) atoms. The molecule has 1 N–H and O–H groups in total. The summed E-state index contributed by atoms with van der Waals surface area (Å²) in [5.41, 5.74) is 2.28. The third kappa shape index (κ3) is 2.64. The Hall–Kier alpha value is -0.580. The van der Waals surface area contributed by atoms with E-state index >= 15 is 0 Å². The lowest BCUT2D eigenvalue weighted by Crippen LogP contribution is -2.47. The summed E-state index contributed by atoms with van der Waals surface area (Å²) in [4.78, 5) is 0. The Morgan fingerprint density at radius 1 is 1.53 bits per heavy atom. The highest BCUT2D eigenvalue weighted by atomic mass is 35.5. The summed E-state index contributed by atoms with van der Waals surface area (Å²) in [7, 11) is 0. The largest absolute Gasteiger partial charge is 0.380 e. The van der Waals surface area contributed by atoms with E-state index in [2.05, 4.69) is 24.3 Å². The molecule has 5 heteroatoms. The molecule has 1 aromatic rings. The van der Waals surface area contributed by atoms with E-state index in [1.54, 1.807) is 0 Å². The van der Waals surface area contributed by atoms with Crippen LogP contribution in [0.5, 0.6) is 0 Å². The molecule has 0 unspecified atom stereocenters. The van der Waals surface area contributed by atoms with Crippen molar-refractivity contribution in [2.75, 3.05) is 19.8 Å². The summed E-state index contributed by atoms with van der Waals surface area (Å²) in [6, 6.07) is 0. The van der Waals surface area contributed by atoms with E-state index in [0.29, 0.717) is 5.41 Å². The van der Waals surface area contributed by atoms with Crippen LogP contribution in [0.3, 0.4) is 0 Å². The molecule has 0 spiro atoms. The molecule has 0 aliphatic carbocycles. The molecule has 2 rings (SSSR count). The molecule has 2 heterocycles. The lowest BCUT2D eigenvalue weighted by atomic mass is 9.89. The average Bonchev–Trinajstić information content (AvgIpc) is 2.54. The van der Waals surface area contributed by atoms with E-state index in [1.807, 2.05) is 11.6 Å². The van der Waals surface area contributed by atoms with Crippen molar-refractivity contribution in [2.45, 2.75) is 33.9 Å². The fourth-order valence-electron chi connectivity index (χ4n) is 2.07. The highest BCUT2D eigenvalue weighted by molar-refractivity contribution is 6.31. The van der Waals surface area contributed by atoms with Gasteiger partial charge in [-0.1, -0.05) is 18.5 Å². The maximum Gasteiger partial charge on any atom is 0.0860 e. The minimum Gasteiger partial charge on any atom is -0.380 e. The van der Waals surface area contributed by atoms with Gasteiger partial charge in [0.25, 0.3) is 0 Å². The Labute approximate surface area is 107 Å². The van der Waals surface area contributed by atoms with E-state index in [4.69, 9.17) is 16.3 Å². The lowest BCUT2D eigenvalue weighted by Gasteiger charge is -2.38. The third-order valence-electron chi connectivity index (χ3n) is 3.20. The second-order valence-corrected chi connectivity index (χ2v) is 5.45. The molecule has 4 nitrogen and oxygen atoms in total. The fourth-order valence-corrected chi connectivity index (χ4v) is 2.28. The number of hydrogen-bond acceptors (Lipinski definition) is 3. The highest BCUT2D eigenvalue weighted by Crippen LogP contribution is 2.26. The molecular weight excluding hydrogens is 238 g/mol. The summed E-state index contributed by atoms with van der Waals surface area (Å²) in [5.74, 6) is 0. The molecule has 1 fully saturated rings. The Morgan fingerprint density at radius 3 is 2.76 bits per heavy atom. The predicted molar refractivity (Wildman–Crippen MR) is 68.3 cm³/mol. The van der Waals surface area contributed by atoms with Crippen LogP contribution in [0.2, 0.25) is 5.02 Å². The van der Waals surface area contributed by atoms with Crippen LogP contribution in [-0.4, -0.2) is 29.5 Å². The standard InChI is InChI=1S/C12H20ClN3O/c1-4-16-10(11(13)9(2)15-16)5-14-6-12(3)7-17-8-12/h14H,4-8H2,1-3H3. The minimum atomic E-state index is 0.290. The molecule has 1 saturated heterocycles. The molecule has 1 aliphatic heterocycles. The van der Waals surface area contributed by atoms with Crippen molar-refractivity contribution in [1.82, 2.24) is 15.1 Å². The van der Waals surface area contributed by atoms with Crippen LogP contribution in [0.25, 0.3) is 0 Å². The maximum absolute atomic E-state index is 6.24.